The Morgan fingerprint density at radius 1 is 1.08 bits per heavy atom. The van der Waals surface area contributed by atoms with E-state index >= 15 is 0 Å². The van der Waals surface area contributed by atoms with Crippen LogP contribution < -0.4 is 5.32 Å². The van der Waals surface area contributed by atoms with Gasteiger partial charge >= 0.3 is 12.1 Å². The van der Waals surface area contributed by atoms with Gasteiger partial charge in [0.15, 0.2) is 0 Å². The SMILES string of the molecule is O=C(O)[C@H](Cc1ccccc1)N[C@@H](c1ccc(Br)cc1)C(F)(F)F. The molecule has 0 radical (unpaired) electrons. The van der Waals surface area contributed by atoms with Gasteiger partial charge in [0.05, 0.1) is 0 Å². The van der Waals surface area contributed by atoms with E-state index in [-0.39, 0.29) is 12.0 Å². The predicted octanol–water partition coefficient (Wildman–Crippen LogP) is 4.34. The average Bonchev–Trinajstić information content (AvgIpc) is 2.52. The van der Waals surface area contributed by atoms with Gasteiger partial charge in [-0.2, -0.15) is 13.2 Å². The summed E-state index contributed by atoms with van der Waals surface area (Å²) in [5, 5.41) is 11.5. The quantitative estimate of drug-likeness (QED) is 0.756. The van der Waals surface area contributed by atoms with E-state index in [0.29, 0.717) is 10.0 Å². The van der Waals surface area contributed by atoms with Gasteiger partial charge in [-0.05, 0) is 29.7 Å². The van der Waals surface area contributed by atoms with Crippen LogP contribution in [-0.2, 0) is 11.2 Å². The molecule has 0 aliphatic rings. The summed E-state index contributed by atoms with van der Waals surface area (Å²) in [4.78, 5) is 11.4. The van der Waals surface area contributed by atoms with E-state index in [4.69, 9.17) is 0 Å². The van der Waals surface area contributed by atoms with Crippen LogP contribution in [0.15, 0.2) is 59.1 Å². The Morgan fingerprint density at radius 3 is 2.17 bits per heavy atom. The molecule has 0 saturated carbocycles. The molecule has 128 valence electrons. The van der Waals surface area contributed by atoms with Gasteiger partial charge in [-0.1, -0.05) is 58.4 Å². The Hall–Kier alpha value is -1.86. The first-order chi connectivity index (χ1) is 11.3. The van der Waals surface area contributed by atoms with Gasteiger partial charge in [-0.15, -0.1) is 0 Å². The van der Waals surface area contributed by atoms with Crippen molar-refractivity contribution >= 4 is 21.9 Å². The molecule has 2 aromatic rings. The summed E-state index contributed by atoms with van der Waals surface area (Å²) in [5.41, 5.74) is 0.610. The first kappa shape index (κ1) is 18.5. The highest BCUT2D eigenvalue weighted by Crippen LogP contribution is 2.33. The van der Waals surface area contributed by atoms with Crippen molar-refractivity contribution in [1.82, 2.24) is 5.32 Å². The van der Waals surface area contributed by atoms with Crippen molar-refractivity contribution in [2.75, 3.05) is 0 Å². The molecule has 0 aliphatic heterocycles. The maximum absolute atomic E-state index is 13.4. The molecule has 3 nitrogen and oxygen atoms in total. The second-order valence-electron chi connectivity index (χ2n) is 5.27. The first-order valence-corrected chi connectivity index (χ1v) is 7.91. The number of hydrogen-bond acceptors (Lipinski definition) is 2. The summed E-state index contributed by atoms with van der Waals surface area (Å²) in [5.74, 6) is -1.33. The van der Waals surface area contributed by atoms with Gasteiger partial charge in [-0.25, -0.2) is 0 Å². The fourth-order valence-electron chi connectivity index (χ4n) is 2.30. The third-order valence-corrected chi connectivity index (χ3v) is 4.01. The minimum atomic E-state index is -4.61. The molecular formula is C17H15BrF3NO2. The van der Waals surface area contributed by atoms with Gasteiger partial charge < -0.3 is 5.11 Å². The number of carboxylic acid groups (broad SMARTS) is 1. The van der Waals surface area contributed by atoms with E-state index in [9.17, 15) is 23.1 Å². The topological polar surface area (TPSA) is 49.3 Å². The van der Waals surface area contributed by atoms with E-state index in [0.717, 1.165) is 0 Å². The van der Waals surface area contributed by atoms with Crippen molar-refractivity contribution in [2.24, 2.45) is 0 Å². The number of carbonyl (C=O) groups is 1. The summed E-state index contributed by atoms with van der Waals surface area (Å²) >= 11 is 3.17. The second kappa shape index (κ2) is 7.81. The molecule has 0 heterocycles. The predicted molar refractivity (Wildman–Crippen MR) is 87.6 cm³/mol. The van der Waals surface area contributed by atoms with Gasteiger partial charge in [0.2, 0.25) is 0 Å². The van der Waals surface area contributed by atoms with E-state index in [2.05, 4.69) is 21.2 Å². The summed E-state index contributed by atoms with van der Waals surface area (Å²) in [6.45, 7) is 0. The number of hydrogen-bond donors (Lipinski definition) is 2. The van der Waals surface area contributed by atoms with Crippen LogP contribution in [0.4, 0.5) is 13.2 Å². The van der Waals surface area contributed by atoms with Crippen LogP contribution in [0.25, 0.3) is 0 Å². The fraction of sp³-hybridized carbons (Fsp3) is 0.235. The lowest BCUT2D eigenvalue weighted by Crippen LogP contribution is -2.45. The number of benzene rings is 2. The van der Waals surface area contributed by atoms with Crippen molar-refractivity contribution in [3.8, 4) is 0 Å². The van der Waals surface area contributed by atoms with Crippen LogP contribution in [0.5, 0.6) is 0 Å². The smallest absolute Gasteiger partial charge is 0.407 e. The number of alkyl halides is 3. The third-order valence-electron chi connectivity index (χ3n) is 3.48. The molecule has 0 fully saturated rings. The Balaban J connectivity index is 2.25. The summed E-state index contributed by atoms with van der Waals surface area (Å²) in [7, 11) is 0. The Kier molecular flexibility index (Phi) is 6.01. The van der Waals surface area contributed by atoms with Crippen molar-refractivity contribution in [1.29, 1.82) is 0 Å². The average molecular weight is 402 g/mol. The molecule has 7 heteroatoms. The fourth-order valence-corrected chi connectivity index (χ4v) is 2.57. The van der Waals surface area contributed by atoms with E-state index in [1.54, 1.807) is 30.3 Å². The van der Waals surface area contributed by atoms with Crippen LogP contribution in [0, 0.1) is 0 Å². The van der Waals surface area contributed by atoms with E-state index in [1.807, 2.05) is 0 Å². The van der Waals surface area contributed by atoms with Gasteiger partial charge in [-0.3, -0.25) is 10.1 Å². The monoisotopic (exact) mass is 401 g/mol. The molecule has 0 aromatic heterocycles. The molecule has 0 unspecified atom stereocenters. The molecule has 0 aliphatic carbocycles. The second-order valence-corrected chi connectivity index (χ2v) is 6.19. The lowest BCUT2D eigenvalue weighted by molar-refractivity contribution is -0.163. The molecular weight excluding hydrogens is 387 g/mol. The van der Waals surface area contributed by atoms with Crippen LogP contribution in [0.2, 0.25) is 0 Å². The van der Waals surface area contributed by atoms with Crippen LogP contribution in [-0.4, -0.2) is 23.3 Å². The van der Waals surface area contributed by atoms with Gasteiger partial charge in [0, 0.05) is 4.47 Å². The zero-order valence-electron chi connectivity index (χ0n) is 12.4. The lowest BCUT2D eigenvalue weighted by atomic mass is 10.0. The lowest BCUT2D eigenvalue weighted by Gasteiger charge is -2.26. The van der Waals surface area contributed by atoms with Crippen molar-refractivity contribution < 1.29 is 23.1 Å². The van der Waals surface area contributed by atoms with Gasteiger partial charge in [0.25, 0.3) is 0 Å². The van der Waals surface area contributed by atoms with Crippen LogP contribution in [0.3, 0.4) is 0 Å². The Bertz CT molecular complexity index is 674. The zero-order chi connectivity index (χ0) is 17.7. The molecule has 0 bridgehead atoms. The third kappa shape index (κ3) is 5.07. The van der Waals surface area contributed by atoms with Crippen molar-refractivity contribution in [3.63, 3.8) is 0 Å². The normalized spacial score (nSPS) is 14.2. The summed E-state index contributed by atoms with van der Waals surface area (Å²) in [6.07, 6.45) is -4.66. The van der Waals surface area contributed by atoms with Crippen molar-refractivity contribution in [2.45, 2.75) is 24.7 Å². The highest BCUT2D eigenvalue weighted by Gasteiger charge is 2.42. The maximum Gasteiger partial charge on any atom is 0.407 e. The van der Waals surface area contributed by atoms with E-state index < -0.39 is 24.2 Å². The van der Waals surface area contributed by atoms with E-state index in [1.165, 1.54) is 24.3 Å². The molecule has 2 atom stereocenters. The summed E-state index contributed by atoms with van der Waals surface area (Å²) < 4.78 is 40.8. The first-order valence-electron chi connectivity index (χ1n) is 7.12. The van der Waals surface area contributed by atoms with Gasteiger partial charge in [0.1, 0.15) is 12.1 Å². The molecule has 0 saturated heterocycles. The number of halogens is 4. The summed E-state index contributed by atoms with van der Waals surface area (Å²) in [6, 6.07) is 10.7. The number of aliphatic carboxylic acids is 1. The minimum Gasteiger partial charge on any atom is -0.480 e. The van der Waals surface area contributed by atoms with Crippen LogP contribution in [0.1, 0.15) is 17.2 Å². The molecule has 0 amide bonds. The highest BCUT2D eigenvalue weighted by atomic mass is 79.9. The van der Waals surface area contributed by atoms with Crippen LogP contribution >= 0.6 is 15.9 Å². The minimum absolute atomic E-state index is 0.0370. The number of carboxylic acids is 1. The largest absolute Gasteiger partial charge is 0.480 e. The zero-order valence-corrected chi connectivity index (χ0v) is 14.0. The van der Waals surface area contributed by atoms with Crippen molar-refractivity contribution in [3.05, 3.63) is 70.2 Å². The molecule has 0 spiro atoms. The molecule has 2 aromatic carbocycles. The maximum atomic E-state index is 13.4. The standard InChI is InChI=1S/C17H15BrF3NO2/c18-13-8-6-12(7-9-13)15(17(19,20)21)22-14(16(23)24)10-11-4-2-1-3-5-11/h1-9,14-15,22H,10H2,(H,23,24)/t14-,15-/m0/s1. The molecule has 2 rings (SSSR count). The highest BCUT2D eigenvalue weighted by molar-refractivity contribution is 9.10. The molecule has 24 heavy (non-hydrogen) atoms. The number of nitrogens with one attached hydrogen (secondary N) is 1. The Labute approximate surface area is 145 Å². The number of rotatable bonds is 6. The Morgan fingerprint density at radius 2 is 1.67 bits per heavy atom. The molecule has 2 N–H and O–H groups in total.